The molecule has 1 aliphatic heterocycles. The fourth-order valence-electron chi connectivity index (χ4n) is 3.95. The minimum absolute atomic E-state index is 0.0575. The lowest BCUT2D eigenvalue weighted by molar-refractivity contribution is 0.0624. The Balaban J connectivity index is 1.57. The zero-order valence-corrected chi connectivity index (χ0v) is 17.2. The van der Waals surface area contributed by atoms with Crippen molar-refractivity contribution in [3.8, 4) is 10.6 Å². The maximum absolute atomic E-state index is 13.2. The molecule has 1 N–H and O–H groups in total. The van der Waals surface area contributed by atoms with Crippen molar-refractivity contribution < 1.29 is 14.0 Å². The number of nitrogens with zero attached hydrogens (tertiary/aromatic N) is 2. The molecule has 1 aliphatic rings. The number of benzene rings is 1. The molecular weight excluding hydrogens is 386 g/mol. The van der Waals surface area contributed by atoms with Crippen LogP contribution in [0.15, 0.2) is 52.6 Å². The number of anilines is 1. The van der Waals surface area contributed by atoms with E-state index >= 15 is 0 Å². The maximum atomic E-state index is 13.2. The maximum Gasteiger partial charge on any atom is 0.278 e. The van der Waals surface area contributed by atoms with Gasteiger partial charge in [-0.3, -0.25) is 9.59 Å². The lowest BCUT2D eigenvalue weighted by Crippen LogP contribution is -2.42. The number of rotatable bonds is 4. The minimum Gasteiger partial charge on any atom is -0.442 e. The van der Waals surface area contributed by atoms with Gasteiger partial charge >= 0.3 is 0 Å². The SMILES string of the molecule is C[C@@H]1C[C@H](C)CN(C(=O)c2ccccc2NC(=O)c2ncoc2-c2cccs2)C1. The van der Waals surface area contributed by atoms with E-state index in [0.717, 1.165) is 24.4 Å². The third kappa shape index (κ3) is 4.10. The first-order chi connectivity index (χ1) is 14.0. The highest BCUT2D eigenvalue weighted by atomic mass is 32.1. The smallest absolute Gasteiger partial charge is 0.278 e. The molecule has 2 amide bonds. The second kappa shape index (κ2) is 8.21. The van der Waals surface area contributed by atoms with Crippen LogP contribution >= 0.6 is 11.3 Å². The number of thiophene rings is 1. The normalized spacial score (nSPS) is 19.2. The lowest BCUT2D eigenvalue weighted by atomic mass is 9.91. The summed E-state index contributed by atoms with van der Waals surface area (Å²) in [5, 5.41) is 4.76. The van der Waals surface area contributed by atoms with Gasteiger partial charge in [0.1, 0.15) is 0 Å². The van der Waals surface area contributed by atoms with Gasteiger partial charge in [-0.25, -0.2) is 4.98 Å². The molecule has 6 nitrogen and oxygen atoms in total. The summed E-state index contributed by atoms with van der Waals surface area (Å²) in [5.74, 6) is 0.904. The van der Waals surface area contributed by atoms with E-state index < -0.39 is 5.91 Å². The fraction of sp³-hybridized carbons (Fsp3) is 0.318. The number of para-hydroxylation sites is 1. The molecule has 29 heavy (non-hydrogen) atoms. The van der Waals surface area contributed by atoms with Gasteiger partial charge in [0.2, 0.25) is 0 Å². The number of hydrogen-bond donors (Lipinski definition) is 1. The highest BCUT2D eigenvalue weighted by Gasteiger charge is 2.28. The summed E-state index contributed by atoms with van der Waals surface area (Å²) in [4.78, 5) is 32.9. The van der Waals surface area contributed by atoms with Crippen LogP contribution in [-0.4, -0.2) is 34.8 Å². The Labute approximate surface area is 173 Å². The van der Waals surface area contributed by atoms with Gasteiger partial charge in [-0.1, -0.05) is 32.0 Å². The van der Waals surface area contributed by atoms with E-state index in [1.807, 2.05) is 28.5 Å². The molecule has 0 bridgehead atoms. The Morgan fingerprint density at radius 2 is 1.90 bits per heavy atom. The molecule has 0 radical (unpaired) electrons. The minimum atomic E-state index is -0.400. The summed E-state index contributed by atoms with van der Waals surface area (Å²) in [7, 11) is 0. The summed E-state index contributed by atoms with van der Waals surface area (Å²) in [5.41, 5.74) is 1.17. The molecule has 0 unspecified atom stereocenters. The zero-order valence-electron chi connectivity index (χ0n) is 16.4. The molecule has 4 rings (SSSR count). The highest BCUT2D eigenvalue weighted by Crippen LogP contribution is 2.29. The molecule has 1 saturated heterocycles. The van der Waals surface area contributed by atoms with Crippen LogP contribution in [0.25, 0.3) is 10.6 Å². The van der Waals surface area contributed by atoms with E-state index in [2.05, 4.69) is 24.1 Å². The topological polar surface area (TPSA) is 75.4 Å². The Morgan fingerprint density at radius 1 is 1.14 bits per heavy atom. The van der Waals surface area contributed by atoms with Gasteiger partial charge in [-0.05, 0) is 41.8 Å². The quantitative estimate of drug-likeness (QED) is 0.673. The molecule has 0 spiro atoms. The van der Waals surface area contributed by atoms with Crippen molar-refractivity contribution in [2.75, 3.05) is 18.4 Å². The van der Waals surface area contributed by atoms with E-state index in [1.165, 1.54) is 17.7 Å². The summed E-state index contributed by atoms with van der Waals surface area (Å²) in [6.07, 6.45) is 2.39. The Hall–Kier alpha value is -2.93. The predicted molar refractivity (Wildman–Crippen MR) is 113 cm³/mol. The van der Waals surface area contributed by atoms with Crippen LogP contribution in [0, 0.1) is 11.8 Å². The zero-order chi connectivity index (χ0) is 20.4. The second-order valence-electron chi connectivity index (χ2n) is 7.66. The molecule has 7 heteroatoms. The predicted octanol–water partition coefficient (Wildman–Crippen LogP) is 4.77. The van der Waals surface area contributed by atoms with Crippen molar-refractivity contribution in [3.63, 3.8) is 0 Å². The van der Waals surface area contributed by atoms with Gasteiger partial charge in [-0.15, -0.1) is 11.3 Å². The molecule has 2 aromatic heterocycles. The van der Waals surface area contributed by atoms with Crippen molar-refractivity contribution in [2.45, 2.75) is 20.3 Å². The third-order valence-corrected chi connectivity index (χ3v) is 5.96. The Kier molecular flexibility index (Phi) is 5.49. The summed E-state index contributed by atoms with van der Waals surface area (Å²) < 4.78 is 5.43. The summed E-state index contributed by atoms with van der Waals surface area (Å²) >= 11 is 1.47. The van der Waals surface area contributed by atoms with Gasteiger partial charge in [0.15, 0.2) is 17.8 Å². The first-order valence-corrected chi connectivity index (χ1v) is 10.6. The van der Waals surface area contributed by atoms with E-state index in [9.17, 15) is 9.59 Å². The van der Waals surface area contributed by atoms with E-state index in [-0.39, 0.29) is 11.6 Å². The van der Waals surface area contributed by atoms with Crippen molar-refractivity contribution in [1.82, 2.24) is 9.88 Å². The highest BCUT2D eigenvalue weighted by molar-refractivity contribution is 7.13. The molecule has 2 atom stereocenters. The third-order valence-electron chi connectivity index (χ3n) is 5.09. The standard InChI is InChI=1S/C22H23N3O3S/c1-14-10-15(2)12-25(11-14)22(27)16-6-3-4-7-17(16)24-21(26)19-20(28-13-23-19)18-8-5-9-29-18/h3-9,13-15H,10-12H2,1-2H3,(H,24,26)/t14-,15+. The molecule has 150 valence electrons. The van der Waals surface area contributed by atoms with Gasteiger partial charge < -0.3 is 14.6 Å². The van der Waals surface area contributed by atoms with Gasteiger partial charge in [0.25, 0.3) is 11.8 Å². The number of aromatic nitrogens is 1. The molecular formula is C22H23N3O3S. The number of nitrogens with one attached hydrogen (secondary N) is 1. The number of oxazole rings is 1. The average molecular weight is 410 g/mol. The number of carbonyl (C=O) groups is 2. The largest absolute Gasteiger partial charge is 0.442 e. The van der Waals surface area contributed by atoms with Crippen LogP contribution in [0.1, 0.15) is 41.1 Å². The molecule has 1 aromatic carbocycles. The number of hydrogen-bond acceptors (Lipinski definition) is 5. The first-order valence-electron chi connectivity index (χ1n) is 9.70. The number of amides is 2. The van der Waals surface area contributed by atoms with E-state index in [1.54, 1.807) is 18.2 Å². The van der Waals surface area contributed by atoms with Crippen LogP contribution in [0.3, 0.4) is 0 Å². The Bertz CT molecular complexity index is 1000. The number of carbonyl (C=O) groups excluding carboxylic acids is 2. The number of likely N-dealkylation sites (tertiary alicyclic amines) is 1. The van der Waals surface area contributed by atoms with E-state index in [0.29, 0.717) is 28.8 Å². The van der Waals surface area contributed by atoms with Crippen molar-refractivity contribution in [2.24, 2.45) is 11.8 Å². The monoisotopic (exact) mass is 409 g/mol. The summed E-state index contributed by atoms with van der Waals surface area (Å²) in [6, 6.07) is 10.9. The molecule has 3 heterocycles. The second-order valence-corrected chi connectivity index (χ2v) is 8.61. The van der Waals surface area contributed by atoms with Crippen LogP contribution < -0.4 is 5.32 Å². The van der Waals surface area contributed by atoms with Gasteiger partial charge in [-0.2, -0.15) is 0 Å². The first kappa shape index (κ1) is 19.4. The van der Waals surface area contributed by atoms with Crippen molar-refractivity contribution in [1.29, 1.82) is 0 Å². The fourth-order valence-corrected chi connectivity index (χ4v) is 4.66. The lowest BCUT2D eigenvalue weighted by Gasteiger charge is -2.35. The van der Waals surface area contributed by atoms with Gasteiger partial charge in [0, 0.05) is 13.1 Å². The van der Waals surface area contributed by atoms with E-state index in [4.69, 9.17) is 4.42 Å². The number of piperidine rings is 1. The van der Waals surface area contributed by atoms with Crippen LogP contribution in [0.2, 0.25) is 0 Å². The molecule has 0 saturated carbocycles. The molecule has 1 fully saturated rings. The van der Waals surface area contributed by atoms with Crippen LogP contribution in [-0.2, 0) is 0 Å². The van der Waals surface area contributed by atoms with Crippen molar-refractivity contribution >= 4 is 28.8 Å². The molecule has 0 aliphatic carbocycles. The molecule has 3 aromatic rings. The van der Waals surface area contributed by atoms with Crippen LogP contribution in [0.4, 0.5) is 5.69 Å². The van der Waals surface area contributed by atoms with Gasteiger partial charge in [0.05, 0.1) is 16.1 Å². The summed E-state index contributed by atoms with van der Waals surface area (Å²) in [6.45, 7) is 5.80. The average Bonchev–Trinajstić information content (AvgIpc) is 3.38. The Morgan fingerprint density at radius 3 is 2.62 bits per heavy atom. The van der Waals surface area contributed by atoms with Crippen LogP contribution in [0.5, 0.6) is 0 Å². The van der Waals surface area contributed by atoms with Crippen molar-refractivity contribution in [3.05, 3.63) is 59.4 Å².